The number of hydrogen-bond acceptors (Lipinski definition) is 3. The summed E-state index contributed by atoms with van der Waals surface area (Å²) in [4.78, 5) is 11.5. The summed E-state index contributed by atoms with van der Waals surface area (Å²) in [6, 6.07) is 7.59. The van der Waals surface area contributed by atoms with E-state index in [1.165, 1.54) is 0 Å². The Morgan fingerprint density at radius 3 is 2.71 bits per heavy atom. The van der Waals surface area contributed by atoms with Gasteiger partial charge in [-0.15, -0.1) is 0 Å². The topological polar surface area (TPSA) is 61.4 Å². The molecule has 92 valence electrons. The molecule has 1 aliphatic heterocycles. The highest BCUT2D eigenvalue weighted by Crippen LogP contribution is 2.26. The second-order valence-corrected chi connectivity index (χ2v) is 5.19. The number of piperidine rings is 1. The Morgan fingerprint density at radius 1 is 1.41 bits per heavy atom. The molecule has 0 aliphatic carbocycles. The minimum Gasteiger partial charge on any atom is -0.480 e. The van der Waals surface area contributed by atoms with Crippen LogP contribution in [0.1, 0.15) is 12.8 Å². The normalized spacial score (nSPS) is 18.6. The number of carboxylic acid groups (broad SMARTS) is 1. The monoisotopic (exact) mass is 298 g/mol. The number of benzene rings is 1. The third-order valence-corrected chi connectivity index (χ3v) is 3.57. The molecule has 2 rings (SSSR count). The molecule has 1 fully saturated rings. The number of aliphatic carboxylic acids is 1. The Hall–Kier alpha value is -1.07. The van der Waals surface area contributed by atoms with Crippen LogP contribution in [0.25, 0.3) is 0 Å². The molecule has 5 heteroatoms. The molecule has 0 saturated carbocycles. The number of rotatable bonds is 3. The van der Waals surface area contributed by atoms with Gasteiger partial charge in [0.1, 0.15) is 5.54 Å². The lowest BCUT2D eigenvalue weighted by Crippen LogP contribution is -2.53. The second-order valence-electron chi connectivity index (χ2n) is 4.27. The van der Waals surface area contributed by atoms with E-state index < -0.39 is 11.5 Å². The number of carbonyl (C=O) groups is 1. The lowest BCUT2D eigenvalue weighted by atomic mass is 9.88. The zero-order valence-corrected chi connectivity index (χ0v) is 11.0. The van der Waals surface area contributed by atoms with E-state index in [0.717, 1.165) is 23.2 Å². The second kappa shape index (κ2) is 5.06. The maximum atomic E-state index is 11.5. The molecule has 1 aliphatic rings. The molecular weight excluding hydrogens is 284 g/mol. The average molecular weight is 299 g/mol. The van der Waals surface area contributed by atoms with Gasteiger partial charge >= 0.3 is 5.97 Å². The molecule has 3 N–H and O–H groups in total. The smallest absolute Gasteiger partial charge is 0.329 e. The van der Waals surface area contributed by atoms with Crippen LogP contribution in [0.4, 0.5) is 5.69 Å². The van der Waals surface area contributed by atoms with E-state index in [9.17, 15) is 9.90 Å². The molecule has 0 radical (unpaired) electrons. The van der Waals surface area contributed by atoms with Gasteiger partial charge in [-0.3, -0.25) is 0 Å². The molecule has 1 saturated heterocycles. The van der Waals surface area contributed by atoms with Crippen LogP contribution in [0.2, 0.25) is 0 Å². The summed E-state index contributed by atoms with van der Waals surface area (Å²) < 4.78 is 0.942. The quantitative estimate of drug-likeness (QED) is 0.799. The van der Waals surface area contributed by atoms with Gasteiger partial charge in [-0.25, -0.2) is 4.79 Å². The predicted molar refractivity (Wildman–Crippen MR) is 70.2 cm³/mol. The minimum atomic E-state index is -0.841. The minimum absolute atomic E-state index is 0.592. The summed E-state index contributed by atoms with van der Waals surface area (Å²) in [6.45, 7) is 1.46. The molecule has 1 aromatic carbocycles. The van der Waals surface area contributed by atoms with Crippen LogP contribution in [0.15, 0.2) is 28.7 Å². The largest absolute Gasteiger partial charge is 0.480 e. The number of halogens is 1. The average Bonchev–Trinajstić information content (AvgIpc) is 2.30. The molecule has 17 heavy (non-hydrogen) atoms. The van der Waals surface area contributed by atoms with Crippen LogP contribution in [-0.2, 0) is 4.79 Å². The summed E-state index contributed by atoms with van der Waals surface area (Å²) in [5.74, 6) is -0.779. The van der Waals surface area contributed by atoms with Crippen LogP contribution in [0.5, 0.6) is 0 Å². The van der Waals surface area contributed by atoms with Crippen molar-refractivity contribution in [2.45, 2.75) is 18.4 Å². The highest BCUT2D eigenvalue weighted by Gasteiger charge is 2.39. The maximum absolute atomic E-state index is 11.5. The fourth-order valence-electron chi connectivity index (χ4n) is 2.09. The molecule has 0 bridgehead atoms. The predicted octanol–water partition coefficient (Wildman–Crippen LogP) is 2.07. The summed E-state index contributed by atoms with van der Waals surface area (Å²) in [7, 11) is 0. The third-order valence-electron chi connectivity index (χ3n) is 3.07. The summed E-state index contributed by atoms with van der Waals surface area (Å²) in [5.41, 5.74) is -0.00449. The Labute approximate surface area is 109 Å². The van der Waals surface area contributed by atoms with Crippen molar-refractivity contribution in [3.8, 4) is 0 Å². The SMILES string of the molecule is O=C(O)C1(Nc2cccc(Br)c2)CCNCC1. The van der Waals surface area contributed by atoms with Crippen molar-refractivity contribution in [1.29, 1.82) is 0 Å². The first kappa shape index (κ1) is 12.4. The van der Waals surface area contributed by atoms with Crippen molar-refractivity contribution in [1.82, 2.24) is 5.32 Å². The van der Waals surface area contributed by atoms with E-state index in [2.05, 4.69) is 26.6 Å². The zero-order chi connectivity index (χ0) is 12.3. The van der Waals surface area contributed by atoms with Crippen molar-refractivity contribution < 1.29 is 9.90 Å². The Bertz CT molecular complexity index is 417. The molecule has 1 heterocycles. The van der Waals surface area contributed by atoms with Gasteiger partial charge < -0.3 is 15.7 Å². The van der Waals surface area contributed by atoms with E-state index in [0.29, 0.717) is 12.8 Å². The molecule has 1 aromatic rings. The van der Waals surface area contributed by atoms with Crippen molar-refractivity contribution in [2.75, 3.05) is 18.4 Å². The maximum Gasteiger partial charge on any atom is 0.329 e. The van der Waals surface area contributed by atoms with E-state index >= 15 is 0 Å². The fraction of sp³-hybridized carbons (Fsp3) is 0.417. The Balaban J connectivity index is 2.20. The molecular formula is C12H15BrN2O2. The van der Waals surface area contributed by atoms with Crippen molar-refractivity contribution in [3.05, 3.63) is 28.7 Å². The van der Waals surface area contributed by atoms with Gasteiger partial charge in [0, 0.05) is 10.2 Å². The van der Waals surface area contributed by atoms with Crippen molar-refractivity contribution in [2.24, 2.45) is 0 Å². The first-order chi connectivity index (χ1) is 8.12. The van der Waals surface area contributed by atoms with Crippen LogP contribution in [0.3, 0.4) is 0 Å². The van der Waals surface area contributed by atoms with Gasteiger partial charge in [0.25, 0.3) is 0 Å². The lowest BCUT2D eigenvalue weighted by molar-refractivity contribution is -0.143. The third kappa shape index (κ3) is 2.79. The van der Waals surface area contributed by atoms with Gasteiger partial charge in [0.2, 0.25) is 0 Å². The van der Waals surface area contributed by atoms with E-state index in [1.54, 1.807) is 0 Å². The highest BCUT2D eigenvalue weighted by molar-refractivity contribution is 9.10. The lowest BCUT2D eigenvalue weighted by Gasteiger charge is -2.35. The summed E-state index contributed by atoms with van der Waals surface area (Å²) in [6.07, 6.45) is 1.18. The van der Waals surface area contributed by atoms with Crippen molar-refractivity contribution >= 4 is 27.6 Å². The first-order valence-electron chi connectivity index (χ1n) is 5.60. The zero-order valence-electron chi connectivity index (χ0n) is 9.37. The molecule has 4 nitrogen and oxygen atoms in total. The number of hydrogen-bond donors (Lipinski definition) is 3. The van der Waals surface area contributed by atoms with Gasteiger partial charge in [0.05, 0.1) is 0 Å². The van der Waals surface area contributed by atoms with Crippen LogP contribution in [0, 0.1) is 0 Å². The molecule has 0 aromatic heterocycles. The summed E-state index contributed by atoms with van der Waals surface area (Å²) >= 11 is 3.38. The Kier molecular flexibility index (Phi) is 3.69. The Morgan fingerprint density at radius 2 is 2.12 bits per heavy atom. The molecule has 0 unspecified atom stereocenters. The standard InChI is InChI=1S/C12H15BrN2O2/c13-9-2-1-3-10(8-9)15-12(11(16)17)4-6-14-7-5-12/h1-3,8,14-15H,4-7H2,(H,16,17). The van der Waals surface area contributed by atoms with Gasteiger partial charge in [0.15, 0.2) is 0 Å². The van der Waals surface area contributed by atoms with Crippen LogP contribution >= 0.6 is 15.9 Å². The van der Waals surface area contributed by atoms with Crippen LogP contribution in [-0.4, -0.2) is 29.7 Å². The van der Waals surface area contributed by atoms with E-state index in [4.69, 9.17) is 0 Å². The number of nitrogens with one attached hydrogen (secondary N) is 2. The molecule has 0 atom stereocenters. The van der Waals surface area contributed by atoms with Crippen LogP contribution < -0.4 is 10.6 Å². The fourth-order valence-corrected chi connectivity index (χ4v) is 2.49. The van der Waals surface area contributed by atoms with Gasteiger partial charge in [-0.05, 0) is 44.1 Å². The summed E-state index contributed by atoms with van der Waals surface area (Å²) in [5, 5.41) is 15.8. The molecule has 0 spiro atoms. The van der Waals surface area contributed by atoms with Crippen molar-refractivity contribution in [3.63, 3.8) is 0 Å². The number of anilines is 1. The number of carboxylic acids is 1. The van der Waals surface area contributed by atoms with E-state index in [1.807, 2.05) is 24.3 Å². The molecule has 0 amide bonds. The van der Waals surface area contributed by atoms with Gasteiger partial charge in [-0.2, -0.15) is 0 Å². The van der Waals surface area contributed by atoms with Gasteiger partial charge in [-0.1, -0.05) is 22.0 Å². The highest BCUT2D eigenvalue weighted by atomic mass is 79.9. The first-order valence-corrected chi connectivity index (χ1v) is 6.40. The van der Waals surface area contributed by atoms with E-state index in [-0.39, 0.29) is 0 Å².